The van der Waals surface area contributed by atoms with Crippen LogP contribution in [0, 0.1) is 14.3 Å². The zero-order valence-electron chi connectivity index (χ0n) is 21.2. The first-order chi connectivity index (χ1) is 19.8. The second-order valence-electron chi connectivity index (χ2n) is 9.31. The molecule has 6 rings (SSSR count). The lowest BCUT2D eigenvalue weighted by molar-refractivity contribution is 0.284. The van der Waals surface area contributed by atoms with Crippen molar-refractivity contribution in [2.75, 3.05) is 0 Å². The van der Waals surface area contributed by atoms with Crippen molar-refractivity contribution >= 4 is 121 Å². The van der Waals surface area contributed by atoms with E-state index in [1.165, 1.54) is 20.2 Å². The smallest absolute Gasteiger partial charge is 0.187 e. The van der Waals surface area contributed by atoms with Gasteiger partial charge in [0.2, 0.25) is 0 Å². The fourth-order valence-corrected chi connectivity index (χ4v) is 11.1. The van der Waals surface area contributed by atoms with Crippen LogP contribution in [0.2, 0.25) is 0 Å². The molecule has 0 spiro atoms. The van der Waals surface area contributed by atoms with Gasteiger partial charge in [-0.15, -0.1) is 0 Å². The van der Waals surface area contributed by atoms with Gasteiger partial charge in [0.05, 0.1) is 7.14 Å². The number of fused-ring (bicyclic) bond motifs is 3. The zero-order valence-corrected chi connectivity index (χ0v) is 30.7. The number of phenols is 2. The molecule has 5 aromatic carbocycles. The van der Waals surface area contributed by atoms with Gasteiger partial charge in [0.1, 0.15) is 36.2 Å². The maximum atomic E-state index is 10.6. The Morgan fingerprint density at radius 2 is 1.00 bits per heavy atom. The van der Waals surface area contributed by atoms with Crippen LogP contribution in [0.15, 0.2) is 91.0 Å². The van der Waals surface area contributed by atoms with Crippen molar-refractivity contribution in [1.29, 1.82) is 0 Å². The zero-order chi connectivity index (χ0) is 28.7. The lowest BCUT2D eigenvalue weighted by Gasteiger charge is -2.13. The summed E-state index contributed by atoms with van der Waals surface area (Å²) in [7, 11) is -0.344. The van der Waals surface area contributed by atoms with Crippen LogP contribution in [0.5, 0.6) is 23.0 Å². The number of benzene rings is 5. The Hall–Kier alpha value is -1.56. The molecule has 206 valence electrons. The minimum Gasteiger partial charge on any atom is -0.506 e. The summed E-state index contributed by atoms with van der Waals surface area (Å²) in [6.07, 6.45) is 0. The Morgan fingerprint density at radius 3 is 1.46 bits per heavy atom. The molecule has 4 nitrogen and oxygen atoms in total. The van der Waals surface area contributed by atoms with E-state index in [1.54, 1.807) is 0 Å². The van der Waals surface area contributed by atoms with E-state index in [0.29, 0.717) is 11.5 Å². The van der Waals surface area contributed by atoms with Gasteiger partial charge in [-0.05, 0) is 139 Å². The van der Waals surface area contributed by atoms with Gasteiger partial charge in [0, 0.05) is 57.7 Å². The van der Waals surface area contributed by atoms with Crippen molar-refractivity contribution in [3.05, 3.63) is 116 Å². The fraction of sp³-hybridized carbons (Fsp3) is 0.0625. The molecule has 6 aromatic rings. The molecule has 2 N–H and O–H groups in total. The van der Waals surface area contributed by atoms with Crippen molar-refractivity contribution in [3.63, 3.8) is 0 Å². The second-order valence-corrected chi connectivity index (χ2v) is 16.1. The van der Waals surface area contributed by atoms with Gasteiger partial charge in [0.25, 0.3) is 0 Å². The number of ether oxygens (including phenoxy) is 2. The van der Waals surface area contributed by atoms with E-state index >= 15 is 0 Å². The summed E-state index contributed by atoms with van der Waals surface area (Å²) in [6, 6.07) is 30.9. The number of aromatic hydroxyl groups is 2. The summed E-state index contributed by atoms with van der Waals surface area (Å²) in [5, 5.41) is 23.8. The van der Waals surface area contributed by atoms with E-state index in [0.717, 1.165) is 30.3 Å². The third-order valence-electron chi connectivity index (χ3n) is 6.60. The van der Waals surface area contributed by atoms with Crippen molar-refractivity contribution in [2.45, 2.75) is 13.2 Å². The molecule has 0 aliphatic heterocycles. The highest BCUT2D eigenvalue weighted by atomic mass is 127. The van der Waals surface area contributed by atoms with Gasteiger partial charge in [-0.25, -0.2) is 0 Å². The van der Waals surface area contributed by atoms with E-state index < -0.39 is 0 Å². The molecule has 1 heterocycles. The van der Waals surface area contributed by atoms with Gasteiger partial charge < -0.3 is 19.7 Å². The lowest BCUT2D eigenvalue weighted by atomic mass is 10.2. The van der Waals surface area contributed by atoms with Crippen molar-refractivity contribution < 1.29 is 19.7 Å². The van der Waals surface area contributed by atoms with Gasteiger partial charge in [0.15, 0.2) is 14.3 Å². The van der Waals surface area contributed by atoms with Crippen molar-refractivity contribution in [2.24, 2.45) is 0 Å². The molecule has 0 saturated carbocycles. The average Bonchev–Trinajstić information content (AvgIpc) is 3.30. The van der Waals surface area contributed by atoms with Gasteiger partial charge in [-0.3, -0.25) is 0 Å². The highest BCUT2D eigenvalue weighted by Gasteiger charge is 2.25. The van der Waals surface area contributed by atoms with Crippen LogP contribution >= 0.6 is 101 Å². The fourth-order valence-electron chi connectivity index (χ4n) is 4.72. The van der Waals surface area contributed by atoms with Crippen LogP contribution in [0.4, 0.5) is 0 Å². The Morgan fingerprint density at radius 1 is 0.561 bits per heavy atom. The summed E-state index contributed by atoms with van der Waals surface area (Å²) >= 11 is 8.78. The Labute approximate surface area is 294 Å². The maximum Gasteiger partial charge on any atom is 0.187 e. The summed E-state index contributed by atoms with van der Waals surface area (Å²) in [4.78, 5) is 1.08. The molecule has 9 heteroatoms. The van der Waals surface area contributed by atoms with E-state index in [1.807, 2.05) is 30.3 Å². The molecule has 0 radical (unpaired) electrons. The van der Waals surface area contributed by atoms with Crippen LogP contribution in [-0.2, 0) is 13.2 Å². The minimum absolute atomic E-state index is 0.221. The predicted molar refractivity (Wildman–Crippen MR) is 201 cm³/mol. The van der Waals surface area contributed by atoms with E-state index in [2.05, 4.69) is 151 Å². The summed E-state index contributed by atoms with van der Waals surface area (Å²) in [5.74, 6) is 1.79. The van der Waals surface area contributed by atoms with Crippen LogP contribution in [0.1, 0.15) is 11.1 Å². The van der Waals surface area contributed by atoms with Gasteiger partial charge >= 0.3 is 0 Å². The predicted octanol–water partition coefficient (Wildman–Crippen LogP) is 10.7. The molecule has 0 aliphatic rings. The van der Waals surface area contributed by atoms with E-state index in [9.17, 15) is 10.2 Å². The topological polar surface area (TPSA) is 58.9 Å². The van der Waals surface area contributed by atoms with E-state index in [-0.39, 0.29) is 35.2 Å². The largest absolute Gasteiger partial charge is 0.506 e. The molecule has 0 saturated heterocycles. The quantitative estimate of drug-likeness (QED) is 0.124. The van der Waals surface area contributed by atoms with Gasteiger partial charge in [-0.2, -0.15) is 0 Å². The van der Waals surface area contributed by atoms with Crippen LogP contribution in [0.3, 0.4) is 0 Å². The monoisotopic (exact) mass is 1010 g/mol. The van der Waals surface area contributed by atoms with Gasteiger partial charge in [-0.1, -0.05) is 24.3 Å². The third kappa shape index (κ3) is 6.24. The summed E-state index contributed by atoms with van der Waals surface area (Å²) in [5.41, 5.74) is 1.46. The molecular formula is C32H21I4O4S+. The molecule has 0 amide bonds. The average molecular weight is 1010 g/mol. The molecule has 1 aromatic heterocycles. The second kappa shape index (κ2) is 12.6. The molecule has 0 atom stereocenters. The third-order valence-corrected chi connectivity index (χ3v) is 11.8. The number of halogens is 4. The normalized spacial score (nSPS) is 11.3. The molecule has 0 bridgehead atoms. The standard InChI is InChI=1S/C32H20I4O4S/c33-20-9-18(31(37)27(35)11-20)16-39-22-13-23(40-17-19-10-21(34)12-28(36)32(19)38)15-24(14-22)41-29-7-3-1-5-25(29)26-6-2-4-8-30(26)41/h1-15H,16-17H2,(H-,37,38)/p+1. The highest BCUT2D eigenvalue weighted by molar-refractivity contribution is 14.1. The number of hydrogen-bond donors (Lipinski definition) is 2. The Kier molecular flexibility index (Phi) is 9.06. The van der Waals surface area contributed by atoms with E-state index in [4.69, 9.17) is 9.47 Å². The first-order valence-corrected chi connectivity index (χ1v) is 18.0. The molecule has 0 unspecified atom stereocenters. The highest BCUT2D eigenvalue weighted by Crippen LogP contribution is 2.50. The van der Waals surface area contributed by atoms with Crippen LogP contribution in [-0.4, -0.2) is 10.2 Å². The molecule has 41 heavy (non-hydrogen) atoms. The summed E-state index contributed by atoms with van der Waals surface area (Å²) < 4.78 is 18.8. The van der Waals surface area contributed by atoms with Crippen molar-refractivity contribution in [3.8, 4) is 27.9 Å². The molecule has 0 fully saturated rings. The number of hydrogen-bond acceptors (Lipinski definition) is 4. The lowest BCUT2D eigenvalue weighted by Crippen LogP contribution is -2.00. The molecule has 0 aliphatic carbocycles. The SMILES string of the molecule is Oc1c(I)cc(I)cc1COc1cc(OCc2cc(I)cc(I)c2O)cc(-[s+]2c3ccccc3c3ccccc32)c1. The number of rotatable bonds is 7. The Balaban J connectivity index is 1.44. The minimum atomic E-state index is -0.344. The maximum absolute atomic E-state index is 10.6. The number of thiophene rings is 1. The van der Waals surface area contributed by atoms with Crippen molar-refractivity contribution in [1.82, 2.24) is 0 Å². The Bertz CT molecular complexity index is 1800. The first-order valence-electron chi connectivity index (χ1n) is 12.5. The number of phenolic OH excluding ortho intramolecular Hbond substituents is 2. The summed E-state index contributed by atoms with van der Waals surface area (Å²) in [6.45, 7) is 0.441. The molecular weight excluding hydrogens is 988 g/mol. The first kappa shape index (κ1) is 29.5. The van der Waals surface area contributed by atoms with Crippen LogP contribution < -0.4 is 9.47 Å². The van der Waals surface area contributed by atoms with Crippen LogP contribution in [0.25, 0.3) is 25.1 Å².